The van der Waals surface area contributed by atoms with Gasteiger partial charge >= 0.3 is 0 Å². The Morgan fingerprint density at radius 3 is 2.04 bits per heavy atom. The summed E-state index contributed by atoms with van der Waals surface area (Å²) in [5.74, 6) is 0.801. The van der Waals surface area contributed by atoms with E-state index >= 15 is 0 Å². The summed E-state index contributed by atoms with van der Waals surface area (Å²) in [5.41, 5.74) is 5.03. The number of rotatable bonds is 12. The van der Waals surface area contributed by atoms with E-state index in [1.165, 1.54) is 14.2 Å². The molecule has 0 saturated carbocycles. The number of hydrogen-bond donors (Lipinski definition) is 2. The van der Waals surface area contributed by atoms with Crippen molar-refractivity contribution in [1.29, 1.82) is 0 Å². The zero-order valence-corrected chi connectivity index (χ0v) is 29.0. The summed E-state index contributed by atoms with van der Waals surface area (Å²) in [6, 6.07) is 11.4. The minimum absolute atomic E-state index is 0.0769. The van der Waals surface area contributed by atoms with Crippen molar-refractivity contribution in [1.82, 2.24) is 35.5 Å². The summed E-state index contributed by atoms with van der Waals surface area (Å²) in [4.78, 5) is 32.2. The van der Waals surface area contributed by atoms with Gasteiger partial charge in [-0.3, -0.25) is 19.7 Å². The fraction of sp³-hybridized carbons (Fsp3) is 0.400. The van der Waals surface area contributed by atoms with Crippen molar-refractivity contribution in [2.75, 3.05) is 41.0 Å². The Bertz CT molecular complexity index is 1820. The molecular weight excluding hydrogens is 672 g/mol. The highest BCUT2D eigenvalue weighted by Gasteiger charge is 2.30. The van der Waals surface area contributed by atoms with Crippen molar-refractivity contribution in [3.63, 3.8) is 0 Å². The number of carbonyl (C=O) groups is 1. The van der Waals surface area contributed by atoms with Crippen molar-refractivity contribution < 1.29 is 23.4 Å². The number of benzene rings is 2. The fourth-order valence-electron chi connectivity index (χ4n) is 6.25. The van der Waals surface area contributed by atoms with Crippen LogP contribution in [0.25, 0.3) is 33.6 Å². The molecule has 0 aliphatic carbocycles. The number of likely N-dealkylation sites (tertiary alicyclic amines) is 1. The molecule has 11 nitrogen and oxygen atoms in total. The Hall–Kier alpha value is -3.94. The number of aromatic nitrogens is 4. The summed E-state index contributed by atoms with van der Waals surface area (Å²) >= 11 is 14.1. The topological polar surface area (TPSA) is 124 Å². The van der Waals surface area contributed by atoms with Gasteiger partial charge in [-0.2, -0.15) is 0 Å². The number of alkyl halides is 1. The van der Waals surface area contributed by atoms with Crippen LogP contribution in [0.1, 0.15) is 30.7 Å². The molecule has 14 heteroatoms. The Morgan fingerprint density at radius 2 is 1.49 bits per heavy atom. The Morgan fingerprint density at radius 1 is 0.898 bits per heavy atom. The number of ether oxygens (including phenoxy) is 3. The van der Waals surface area contributed by atoms with E-state index in [0.717, 1.165) is 6.42 Å². The normalized spacial score (nSPS) is 19.6. The molecule has 6 rings (SSSR count). The molecule has 4 aromatic rings. The predicted molar refractivity (Wildman–Crippen MR) is 186 cm³/mol. The first-order chi connectivity index (χ1) is 23.8. The smallest absolute Gasteiger partial charge is 0.237 e. The average Bonchev–Trinajstić information content (AvgIpc) is 3.53. The van der Waals surface area contributed by atoms with E-state index in [9.17, 15) is 9.18 Å². The highest BCUT2D eigenvalue weighted by Crippen LogP contribution is 2.42. The SMILES string of the molecule is COc1nc(-c2cccc(-c3cccc(-c4cnc(CN5CC[C@@H](OC)[C@@H](F)C5)c(OC)n4)c3Cl)c2Cl)cnc1CNC[C@@H]1CCC(=O)N1. The Labute approximate surface area is 294 Å². The average molecular weight is 711 g/mol. The maximum Gasteiger partial charge on any atom is 0.237 e. The summed E-state index contributed by atoms with van der Waals surface area (Å²) in [6.07, 6.45) is 3.81. The molecule has 2 N–H and O–H groups in total. The molecule has 0 unspecified atom stereocenters. The molecular formula is C35H38Cl2FN7O4. The van der Waals surface area contributed by atoms with Crippen molar-refractivity contribution in [3.8, 4) is 45.4 Å². The van der Waals surface area contributed by atoms with E-state index in [4.69, 9.17) is 47.4 Å². The van der Waals surface area contributed by atoms with Crippen molar-refractivity contribution in [2.45, 2.75) is 50.7 Å². The molecule has 49 heavy (non-hydrogen) atoms. The monoisotopic (exact) mass is 709 g/mol. The summed E-state index contributed by atoms with van der Waals surface area (Å²) in [7, 11) is 4.62. The largest absolute Gasteiger partial charge is 0.480 e. The number of amides is 1. The molecule has 2 saturated heterocycles. The molecule has 2 aliphatic heterocycles. The number of nitrogens with one attached hydrogen (secondary N) is 2. The van der Waals surface area contributed by atoms with Gasteiger partial charge in [0.1, 0.15) is 17.6 Å². The molecule has 258 valence electrons. The van der Waals surface area contributed by atoms with E-state index < -0.39 is 12.3 Å². The molecule has 4 heterocycles. The van der Waals surface area contributed by atoms with E-state index in [1.54, 1.807) is 19.5 Å². The lowest BCUT2D eigenvalue weighted by Crippen LogP contribution is -2.45. The van der Waals surface area contributed by atoms with E-state index in [0.29, 0.717) is 106 Å². The maximum atomic E-state index is 14.5. The molecule has 0 spiro atoms. The third-order valence-corrected chi connectivity index (χ3v) is 9.67. The summed E-state index contributed by atoms with van der Waals surface area (Å²) in [6.45, 7) is 2.39. The summed E-state index contributed by atoms with van der Waals surface area (Å²) in [5, 5.41) is 7.16. The number of carbonyl (C=O) groups excluding carboxylic acids is 1. The zero-order valence-electron chi connectivity index (χ0n) is 27.5. The van der Waals surface area contributed by atoms with Gasteiger partial charge in [-0.1, -0.05) is 59.6 Å². The minimum atomic E-state index is -1.07. The molecule has 2 fully saturated rings. The molecule has 1 amide bonds. The lowest BCUT2D eigenvalue weighted by atomic mass is 9.98. The van der Waals surface area contributed by atoms with Crippen molar-refractivity contribution >= 4 is 29.1 Å². The second kappa shape index (κ2) is 15.7. The van der Waals surface area contributed by atoms with Gasteiger partial charge in [-0.15, -0.1) is 0 Å². The van der Waals surface area contributed by atoms with Crippen LogP contribution in [0.2, 0.25) is 10.0 Å². The zero-order chi connectivity index (χ0) is 34.5. The number of methoxy groups -OCH3 is 3. The van der Waals surface area contributed by atoms with Crippen molar-refractivity contribution in [2.24, 2.45) is 0 Å². The van der Waals surface area contributed by atoms with Crippen LogP contribution in [0.4, 0.5) is 4.39 Å². The van der Waals surface area contributed by atoms with Crippen LogP contribution in [-0.4, -0.2) is 90.0 Å². The van der Waals surface area contributed by atoms with E-state index in [-0.39, 0.29) is 18.5 Å². The van der Waals surface area contributed by atoms with Crippen LogP contribution < -0.4 is 20.1 Å². The third-order valence-electron chi connectivity index (χ3n) is 8.86. The molecule has 2 aromatic carbocycles. The van der Waals surface area contributed by atoms with E-state index in [1.807, 2.05) is 41.3 Å². The number of halogens is 3. The van der Waals surface area contributed by atoms with Crippen LogP contribution in [0.3, 0.4) is 0 Å². The van der Waals surface area contributed by atoms with Gasteiger partial charge in [0.2, 0.25) is 17.7 Å². The van der Waals surface area contributed by atoms with Crippen LogP contribution in [0, 0.1) is 0 Å². The van der Waals surface area contributed by atoms with E-state index in [2.05, 4.69) is 20.6 Å². The van der Waals surface area contributed by atoms with Gasteiger partial charge in [-0.05, 0) is 12.8 Å². The summed E-state index contributed by atoms with van der Waals surface area (Å²) < 4.78 is 30.9. The van der Waals surface area contributed by atoms with Gasteiger partial charge in [0.25, 0.3) is 0 Å². The molecule has 2 aromatic heterocycles. The van der Waals surface area contributed by atoms with Gasteiger partial charge in [0.15, 0.2) is 0 Å². The second-order valence-corrected chi connectivity index (χ2v) is 12.8. The maximum absolute atomic E-state index is 14.5. The molecule has 0 radical (unpaired) electrons. The van der Waals surface area contributed by atoms with Crippen LogP contribution in [0.15, 0.2) is 48.8 Å². The minimum Gasteiger partial charge on any atom is -0.480 e. The first-order valence-electron chi connectivity index (χ1n) is 16.1. The highest BCUT2D eigenvalue weighted by atomic mass is 35.5. The first kappa shape index (κ1) is 34.9. The van der Waals surface area contributed by atoms with Crippen LogP contribution in [0.5, 0.6) is 11.8 Å². The molecule has 0 bridgehead atoms. The Balaban J connectivity index is 1.22. The fourth-order valence-corrected chi connectivity index (χ4v) is 6.90. The van der Waals surface area contributed by atoms with Crippen LogP contribution in [-0.2, 0) is 22.6 Å². The third kappa shape index (κ3) is 7.79. The van der Waals surface area contributed by atoms with Gasteiger partial charge < -0.3 is 24.8 Å². The second-order valence-electron chi connectivity index (χ2n) is 12.0. The highest BCUT2D eigenvalue weighted by molar-refractivity contribution is 6.39. The van der Waals surface area contributed by atoms with Gasteiger partial charge in [0.05, 0.1) is 54.2 Å². The predicted octanol–water partition coefficient (Wildman–Crippen LogP) is 5.52. The quantitative estimate of drug-likeness (QED) is 0.194. The number of piperidine rings is 1. The lowest BCUT2D eigenvalue weighted by molar-refractivity contribution is -0.119. The van der Waals surface area contributed by atoms with Crippen molar-refractivity contribution in [3.05, 3.63) is 70.2 Å². The molecule has 2 aliphatic rings. The Kier molecular flexibility index (Phi) is 11.2. The lowest BCUT2D eigenvalue weighted by Gasteiger charge is -2.33. The number of hydrogen-bond acceptors (Lipinski definition) is 10. The van der Waals surface area contributed by atoms with Gasteiger partial charge in [0, 0.05) is 74.6 Å². The number of nitrogens with zero attached hydrogens (tertiary/aromatic N) is 5. The molecule has 3 atom stereocenters. The van der Waals surface area contributed by atoms with Crippen LogP contribution >= 0.6 is 23.2 Å². The standard InChI is InChI=1S/C35H38Cl2FN7O4/c1-47-30-12-13-45(18-25(30)38)19-29-35(49-3)44-27(17-41-29)24-9-5-7-22(33(24)37)21-6-4-8-23(32(21)36)26-16-40-28(34(43-26)48-2)15-39-14-20-10-11-31(46)42-20/h4-9,16-17,20,25,30,39H,10-15,18-19H2,1-3H3,(H,42,46)/t20-,25-,30+/m0/s1. The van der Waals surface area contributed by atoms with Gasteiger partial charge in [-0.25, -0.2) is 14.4 Å². The first-order valence-corrected chi connectivity index (χ1v) is 16.8.